The van der Waals surface area contributed by atoms with E-state index in [4.69, 9.17) is 9.47 Å². The normalized spacial score (nSPS) is 17.4. The number of aromatic nitrogens is 1. The van der Waals surface area contributed by atoms with Gasteiger partial charge in [0.25, 0.3) is 0 Å². The lowest BCUT2D eigenvalue weighted by Gasteiger charge is -2.26. The van der Waals surface area contributed by atoms with E-state index in [0.717, 1.165) is 17.7 Å². The molecule has 0 saturated carbocycles. The molecule has 2 aromatic rings. The van der Waals surface area contributed by atoms with Gasteiger partial charge in [-0.3, -0.25) is 14.9 Å². The van der Waals surface area contributed by atoms with Crippen molar-refractivity contribution in [1.82, 2.24) is 4.98 Å². The van der Waals surface area contributed by atoms with E-state index in [1.54, 1.807) is 6.08 Å². The molecule has 7 heteroatoms. The van der Waals surface area contributed by atoms with Crippen molar-refractivity contribution in [3.05, 3.63) is 40.4 Å². The molecule has 0 atom stereocenters. The summed E-state index contributed by atoms with van der Waals surface area (Å²) in [5.74, 6) is 1.18. The number of hydrogen-bond acceptors (Lipinski definition) is 6. The minimum absolute atomic E-state index is 0.0846. The van der Waals surface area contributed by atoms with E-state index >= 15 is 0 Å². The van der Waals surface area contributed by atoms with Gasteiger partial charge < -0.3 is 9.47 Å². The molecule has 0 radical (unpaired) electrons. The van der Waals surface area contributed by atoms with E-state index in [1.165, 1.54) is 17.4 Å². The van der Waals surface area contributed by atoms with Gasteiger partial charge >= 0.3 is 0 Å². The Morgan fingerprint density at radius 1 is 1.27 bits per heavy atom. The van der Waals surface area contributed by atoms with Crippen LogP contribution in [-0.4, -0.2) is 23.5 Å². The highest BCUT2D eigenvalue weighted by Gasteiger charge is 2.34. The number of nitrogens with zero attached hydrogens (tertiary/aromatic N) is 1. The maximum atomic E-state index is 12.2. The summed E-state index contributed by atoms with van der Waals surface area (Å²) in [4.78, 5) is 29.5. The molecule has 2 aliphatic rings. The summed E-state index contributed by atoms with van der Waals surface area (Å²) in [7, 11) is 0. The van der Waals surface area contributed by atoms with Crippen molar-refractivity contribution < 1.29 is 19.1 Å². The molecule has 1 aliphatic heterocycles. The maximum absolute atomic E-state index is 12.2. The molecule has 0 spiro atoms. The summed E-state index contributed by atoms with van der Waals surface area (Å²) in [5.41, 5.74) is 1.53. The highest BCUT2D eigenvalue weighted by atomic mass is 32.1. The monoisotopic (exact) mass is 370 g/mol. The number of rotatable bonds is 3. The zero-order valence-electron chi connectivity index (χ0n) is 14.5. The first-order valence-corrected chi connectivity index (χ1v) is 9.13. The van der Waals surface area contributed by atoms with Crippen molar-refractivity contribution in [1.29, 1.82) is 0 Å². The second-order valence-electron chi connectivity index (χ2n) is 7.17. The van der Waals surface area contributed by atoms with Gasteiger partial charge in [0.2, 0.25) is 12.7 Å². The van der Waals surface area contributed by atoms with Crippen molar-refractivity contribution >= 4 is 34.2 Å². The molecule has 26 heavy (non-hydrogen) atoms. The molecule has 0 unspecified atom stereocenters. The topological polar surface area (TPSA) is 77.5 Å². The summed E-state index contributed by atoms with van der Waals surface area (Å²) in [5, 5.41) is 3.20. The second kappa shape index (κ2) is 6.25. The molecule has 1 aromatic heterocycles. The fraction of sp³-hybridized carbons (Fsp3) is 0.316. The van der Waals surface area contributed by atoms with Crippen LogP contribution >= 0.6 is 11.3 Å². The van der Waals surface area contributed by atoms with Crippen LogP contribution in [-0.2, 0) is 11.2 Å². The van der Waals surface area contributed by atoms with Crippen LogP contribution in [0.2, 0.25) is 0 Å². The van der Waals surface area contributed by atoms with E-state index in [0.29, 0.717) is 27.9 Å². The van der Waals surface area contributed by atoms with Crippen LogP contribution < -0.4 is 14.8 Å². The number of ketones is 1. The Hall–Kier alpha value is -2.67. The summed E-state index contributed by atoms with van der Waals surface area (Å²) < 4.78 is 10.6. The summed E-state index contributed by atoms with van der Waals surface area (Å²) >= 11 is 1.25. The number of ether oxygens (including phenoxy) is 2. The number of nitrogens with one attached hydrogen (secondary N) is 1. The fourth-order valence-electron chi connectivity index (χ4n) is 3.11. The van der Waals surface area contributed by atoms with Gasteiger partial charge in [0, 0.05) is 12.5 Å². The number of fused-ring (bicyclic) bond motifs is 2. The number of carbonyl (C=O) groups excluding carboxylic acids is 2. The third-order valence-corrected chi connectivity index (χ3v) is 5.34. The molecule has 2 heterocycles. The van der Waals surface area contributed by atoms with Gasteiger partial charge in [0.15, 0.2) is 22.4 Å². The van der Waals surface area contributed by atoms with Gasteiger partial charge in [-0.1, -0.05) is 31.3 Å². The van der Waals surface area contributed by atoms with Crippen molar-refractivity contribution in [2.45, 2.75) is 26.7 Å². The number of Topliss-reactive ketones (excluding diaryl/α,β-unsaturated/α-hetero) is 1. The molecule has 0 fully saturated rings. The standard InChI is InChI=1S/C19H18N2O4S/c1-19(2)8-12-17(13(22)9-19)26-18(20-12)21-16(23)6-4-11-3-5-14-15(7-11)25-10-24-14/h3-7H,8-10H2,1-2H3,(H,20,21,23)/b6-4-. The highest BCUT2D eigenvalue weighted by molar-refractivity contribution is 7.17. The number of amides is 1. The first-order valence-electron chi connectivity index (χ1n) is 8.31. The molecular formula is C19H18N2O4S. The van der Waals surface area contributed by atoms with E-state index in [-0.39, 0.29) is 23.9 Å². The van der Waals surface area contributed by atoms with Crippen LogP contribution in [0.15, 0.2) is 24.3 Å². The van der Waals surface area contributed by atoms with E-state index in [1.807, 2.05) is 18.2 Å². The highest BCUT2D eigenvalue weighted by Crippen LogP contribution is 2.38. The van der Waals surface area contributed by atoms with Gasteiger partial charge in [-0.15, -0.1) is 0 Å². The lowest BCUT2D eigenvalue weighted by molar-refractivity contribution is -0.111. The number of carbonyl (C=O) groups is 2. The van der Waals surface area contributed by atoms with Crippen LogP contribution in [0, 0.1) is 5.41 Å². The van der Waals surface area contributed by atoms with E-state index in [9.17, 15) is 9.59 Å². The minimum atomic E-state index is -0.291. The van der Waals surface area contributed by atoms with Gasteiger partial charge in [-0.25, -0.2) is 4.98 Å². The van der Waals surface area contributed by atoms with Crippen LogP contribution in [0.5, 0.6) is 11.5 Å². The van der Waals surface area contributed by atoms with E-state index in [2.05, 4.69) is 24.1 Å². The van der Waals surface area contributed by atoms with Gasteiger partial charge in [0.1, 0.15) is 0 Å². The fourth-order valence-corrected chi connectivity index (χ4v) is 4.03. The lowest BCUT2D eigenvalue weighted by atomic mass is 9.78. The SMILES string of the molecule is CC1(C)CC(=O)c2sc(NC(=O)/C=C\c3ccc4c(c3)OCO4)nc2C1. The van der Waals surface area contributed by atoms with Crippen LogP contribution in [0.1, 0.15) is 41.2 Å². The van der Waals surface area contributed by atoms with E-state index < -0.39 is 0 Å². The summed E-state index contributed by atoms with van der Waals surface area (Å²) in [6, 6.07) is 5.47. The molecule has 1 amide bonds. The number of thiazole rings is 1. The third kappa shape index (κ3) is 3.35. The Labute approximate surface area is 154 Å². The quantitative estimate of drug-likeness (QED) is 0.834. The Bertz CT molecular complexity index is 930. The number of benzene rings is 1. The minimum Gasteiger partial charge on any atom is -0.454 e. The second-order valence-corrected chi connectivity index (χ2v) is 8.17. The van der Waals surface area contributed by atoms with Crippen molar-refractivity contribution in [2.24, 2.45) is 5.41 Å². The molecule has 0 saturated heterocycles. The molecule has 1 aliphatic carbocycles. The Kier molecular flexibility index (Phi) is 4.03. The molecule has 1 N–H and O–H groups in total. The first-order chi connectivity index (χ1) is 12.4. The predicted octanol–water partition coefficient (Wildman–Crippen LogP) is 3.68. The average Bonchev–Trinajstić information content (AvgIpc) is 3.17. The summed E-state index contributed by atoms with van der Waals surface area (Å²) in [6.07, 6.45) is 4.38. The van der Waals surface area contributed by atoms with Crippen molar-refractivity contribution in [2.75, 3.05) is 12.1 Å². The molecular weight excluding hydrogens is 352 g/mol. The maximum Gasteiger partial charge on any atom is 0.250 e. The van der Waals surface area contributed by atoms with Crippen molar-refractivity contribution in [3.8, 4) is 11.5 Å². The van der Waals surface area contributed by atoms with Gasteiger partial charge in [0.05, 0.1) is 10.6 Å². The van der Waals surface area contributed by atoms with Crippen LogP contribution in [0.3, 0.4) is 0 Å². The number of hydrogen-bond donors (Lipinski definition) is 1. The van der Waals surface area contributed by atoms with Crippen molar-refractivity contribution in [3.63, 3.8) is 0 Å². The zero-order valence-corrected chi connectivity index (χ0v) is 15.3. The smallest absolute Gasteiger partial charge is 0.250 e. The Morgan fingerprint density at radius 3 is 2.92 bits per heavy atom. The molecule has 134 valence electrons. The largest absolute Gasteiger partial charge is 0.454 e. The number of anilines is 1. The lowest BCUT2D eigenvalue weighted by Crippen LogP contribution is -2.26. The average molecular weight is 370 g/mol. The Morgan fingerprint density at radius 2 is 2.08 bits per heavy atom. The summed E-state index contributed by atoms with van der Waals surface area (Å²) in [6.45, 7) is 4.33. The van der Waals surface area contributed by atoms with Gasteiger partial charge in [-0.05, 0) is 35.6 Å². The van der Waals surface area contributed by atoms with Gasteiger partial charge in [-0.2, -0.15) is 0 Å². The Balaban J connectivity index is 1.45. The third-order valence-electron chi connectivity index (χ3n) is 4.29. The zero-order chi connectivity index (χ0) is 18.3. The van der Waals surface area contributed by atoms with Crippen LogP contribution in [0.4, 0.5) is 5.13 Å². The first kappa shape index (κ1) is 16.8. The molecule has 0 bridgehead atoms. The molecule has 4 rings (SSSR count). The molecule has 1 aromatic carbocycles. The predicted molar refractivity (Wildman–Crippen MR) is 98.8 cm³/mol. The molecule has 6 nitrogen and oxygen atoms in total. The van der Waals surface area contributed by atoms with Crippen LogP contribution in [0.25, 0.3) is 6.08 Å².